The van der Waals surface area contributed by atoms with Gasteiger partial charge >= 0.3 is 0 Å². The molecule has 0 aliphatic heterocycles. The van der Waals surface area contributed by atoms with Crippen molar-refractivity contribution in [2.24, 2.45) is 5.73 Å². The maximum atomic E-state index is 11.6. The van der Waals surface area contributed by atoms with E-state index in [1.165, 1.54) is 0 Å². The molecular formula is C15H16N6O. The quantitative estimate of drug-likeness (QED) is 0.681. The van der Waals surface area contributed by atoms with Crippen molar-refractivity contribution < 1.29 is 4.79 Å². The fraction of sp³-hybridized carbons (Fsp3) is 0.200. The molecule has 22 heavy (non-hydrogen) atoms. The van der Waals surface area contributed by atoms with Crippen LogP contribution in [-0.4, -0.2) is 32.1 Å². The van der Waals surface area contributed by atoms with Gasteiger partial charge < -0.3 is 11.1 Å². The molecule has 0 bridgehead atoms. The molecule has 2 aromatic heterocycles. The lowest BCUT2D eigenvalue weighted by molar-refractivity contribution is 0.100. The van der Waals surface area contributed by atoms with E-state index < -0.39 is 5.91 Å². The minimum Gasteiger partial charge on any atom is -0.366 e. The number of anilines is 1. The summed E-state index contributed by atoms with van der Waals surface area (Å²) in [4.78, 5) is 20.2. The van der Waals surface area contributed by atoms with E-state index >= 15 is 0 Å². The molecule has 0 aliphatic rings. The fourth-order valence-electron chi connectivity index (χ4n) is 2.23. The Balaban J connectivity index is 2.04. The van der Waals surface area contributed by atoms with Crippen LogP contribution in [0.25, 0.3) is 22.0 Å². The molecular weight excluding hydrogens is 280 g/mol. The molecule has 112 valence electrons. The minimum atomic E-state index is -0.493. The molecule has 0 saturated carbocycles. The molecule has 3 aromatic rings. The zero-order chi connectivity index (χ0) is 15.7. The van der Waals surface area contributed by atoms with Gasteiger partial charge in [-0.15, -0.1) is 0 Å². The van der Waals surface area contributed by atoms with E-state index in [2.05, 4.69) is 25.5 Å². The first-order valence-corrected chi connectivity index (χ1v) is 6.90. The van der Waals surface area contributed by atoms with Crippen LogP contribution in [0.4, 0.5) is 5.95 Å². The molecule has 7 nitrogen and oxygen atoms in total. The first kappa shape index (κ1) is 14.0. The third-order valence-electron chi connectivity index (χ3n) is 3.23. The molecule has 1 amide bonds. The number of primary amides is 1. The number of rotatable bonds is 4. The van der Waals surface area contributed by atoms with Crippen LogP contribution in [0.1, 0.15) is 24.2 Å². The van der Waals surface area contributed by atoms with Crippen LogP contribution in [0, 0.1) is 0 Å². The summed E-state index contributed by atoms with van der Waals surface area (Å²) in [7, 11) is 0. The lowest BCUT2D eigenvalue weighted by Crippen LogP contribution is -2.12. The third kappa shape index (κ3) is 2.60. The van der Waals surface area contributed by atoms with Gasteiger partial charge in [0.15, 0.2) is 0 Å². The molecule has 3 rings (SSSR count). The number of benzene rings is 1. The predicted molar refractivity (Wildman–Crippen MR) is 84.4 cm³/mol. The van der Waals surface area contributed by atoms with Crippen molar-refractivity contribution in [3.8, 4) is 11.1 Å². The van der Waals surface area contributed by atoms with Crippen LogP contribution in [0.2, 0.25) is 0 Å². The van der Waals surface area contributed by atoms with Gasteiger partial charge in [-0.1, -0.05) is 0 Å². The highest BCUT2D eigenvalue weighted by Gasteiger charge is 2.12. The average Bonchev–Trinajstić information content (AvgIpc) is 2.94. The number of fused-ring (bicyclic) bond motifs is 1. The Morgan fingerprint density at radius 1 is 1.18 bits per heavy atom. The second-order valence-electron chi connectivity index (χ2n) is 5.31. The Labute approximate surface area is 127 Å². The second kappa shape index (κ2) is 5.44. The van der Waals surface area contributed by atoms with Crippen molar-refractivity contribution in [1.82, 2.24) is 20.2 Å². The lowest BCUT2D eigenvalue weighted by atomic mass is 10.0. The van der Waals surface area contributed by atoms with Gasteiger partial charge in [-0.25, -0.2) is 9.97 Å². The number of hydrogen-bond donors (Lipinski definition) is 3. The van der Waals surface area contributed by atoms with Crippen molar-refractivity contribution in [3.05, 3.63) is 36.3 Å². The first-order valence-electron chi connectivity index (χ1n) is 6.90. The van der Waals surface area contributed by atoms with E-state index in [1.807, 2.05) is 19.9 Å². The minimum absolute atomic E-state index is 0.258. The summed E-state index contributed by atoms with van der Waals surface area (Å²) in [6, 6.07) is 3.88. The number of amides is 1. The normalized spacial score (nSPS) is 11.0. The SMILES string of the molecule is CC(C)Nc1ncc(-c2cc(C(N)=O)c3cn[nH]c3c2)cn1. The number of aromatic nitrogens is 4. The van der Waals surface area contributed by atoms with E-state index in [9.17, 15) is 4.79 Å². The molecule has 0 fully saturated rings. The fourth-order valence-corrected chi connectivity index (χ4v) is 2.23. The number of carbonyl (C=O) groups excluding carboxylic acids is 1. The highest BCUT2D eigenvalue weighted by molar-refractivity contribution is 6.07. The summed E-state index contributed by atoms with van der Waals surface area (Å²) in [6.07, 6.45) is 5.01. The van der Waals surface area contributed by atoms with E-state index in [4.69, 9.17) is 5.73 Å². The van der Waals surface area contributed by atoms with Gasteiger partial charge in [-0.05, 0) is 31.5 Å². The predicted octanol–water partition coefficient (Wildman–Crippen LogP) is 1.94. The van der Waals surface area contributed by atoms with Gasteiger partial charge in [0, 0.05) is 29.4 Å². The lowest BCUT2D eigenvalue weighted by Gasteiger charge is -2.09. The van der Waals surface area contributed by atoms with Crippen molar-refractivity contribution in [2.75, 3.05) is 5.32 Å². The van der Waals surface area contributed by atoms with Gasteiger partial charge in [0.25, 0.3) is 0 Å². The van der Waals surface area contributed by atoms with Crippen LogP contribution in [0.3, 0.4) is 0 Å². The number of nitrogens with zero attached hydrogens (tertiary/aromatic N) is 3. The van der Waals surface area contributed by atoms with Gasteiger partial charge in [0.2, 0.25) is 11.9 Å². The largest absolute Gasteiger partial charge is 0.366 e. The van der Waals surface area contributed by atoms with E-state index in [0.29, 0.717) is 16.9 Å². The summed E-state index contributed by atoms with van der Waals surface area (Å²) >= 11 is 0. The summed E-state index contributed by atoms with van der Waals surface area (Å²) in [5, 5.41) is 10.6. The van der Waals surface area contributed by atoms with Crippen molar-refractivity contribution in [1.29, 1.82) is 0 Å². The Kier molecular flexibility index (Phi) is 3.46. The molecule has 1 aromatic carbocycles. The smallest absolute Gasteiger partial charge is 0.249 e. The van der Waals surface area contributed by atoms with Gasteiger partial charge in [-0.2, -0.15) is 5.10 Å². The summed E-state index contributed by atoms with van der Waals surface area (Å²) in [6.45, 7) is 4.03. The summed E-state index contributed by atoms with van der Waals surface area (Å²) in [5.74, 6) is 0.0729. The van der Waals surface area contributed by atoms with Crippen molar-refractivity contribution >= 4 is 22.8 Å². The van der Waals surface area contributed by atoms with Crippen LogP contribution in [0.5, 0.6) is 0 Å². The van der Waals surface area contributed by atoms with Crippen molar-refractivity contribution in [3.63, 3.8) is 0 Å². The highest BCUT2D eigenvalue weighted by atomic mass is 16.1. The summed E-state index contributed by atoms with van der Waals surface area (Å²) in [5.41, 5.74) is 8.22. The maximum absolute atomic E-state index is 11.6. The number of nitrogens with one attached hydrogen (secondary N) is 2. The van der Waals surface area contributed by atoms with Gasteiger partial charge in [0.05, 0.1) is 17.3 Å². The molecule has 7 heteroatoms. The van der Waals surface area contributed by atoms with Crippen LogP contribution >= 0.6 is 0 Å². The first-order chi connectivity index (χ1) is 10.5. The van der Waals surface area contributed by atoms with Crippen LogP contribution < -0.4 is 11.1 Å². The number of H-pyrrole nitrogens is 1. The van der Waals surface area contributed by atoms with Crippen LogP contribution in [0.15, 0.2) is 30.7 Å². The standard InChI is InChI=1S/C15H16N6O/c1-8(2)20-15-17-5-10(6-18-15)9-3-11(14(16)22)12-7-19-21-13(12)4-9/h3-8H,1-2H3,(H2,16,22)(H,19,21)(H,17,18,20). The third-order valence-corrected chi connectivity index (χ3v) is 3.23. The number of carbonyl (C=O) groups is 1. The van der Waals surface area contributed by atoms with E-state index in [1.54, 1.807) is 24.7 Å². The number of nitrogens with two attached hydrogens (primary N) is 1. The summed E-state index contributed by atoms with van der Waals surface area (Å²) < 4.78 is 0. The molecule has 4 N–H and O–H groups in total. The molecule has 0 spiro atoms. The number of aromatic amines is 1. The average molecular weight is 296 g/mol. The molecule has 0 saturated heterocycles. The molecule has 0 atom stereocenters. The molecule has 0 unspecified atom stereocenters. The Morgan fingerprint density at radius 3 is 2.55 bits per heavy atom. The van der Waals surface area contributed by atoms with E-state index in [-0.39, 0.29) is 6.04 Å². The zero-order valence-electron chi connectivity index (χ0n) is 12.3. The highest BCUT2D eigenvalue weighted by Crippen LogP contribution is 2.26. The van der Waals surface area contributed by atoms with Crippen molar-refractivity contribution in [2.45, 2.75) is 19.9 Å². The second-order valence-corrected chi connectivity index (χ2v) is 5.31. The topological polar surface area (TPSA) is 110 Å². The van der Waals surface area contributed by atoms with Crippen LogP contribution in [-0.2, 0) is 0 Å². The monoisotopic (exact) mass is 296 g/mol. The molecule has 2 heterocycles. The molecule has 0 aliphatic carbocycles. The Hall–Kier alpha value is -2.96. The zero-order valence-corrected chi connectivity index (χ0v) is 12.3. The van der Waals surface area contributed by atoms with Gasteiger partial charge in [-0.3, -0.25) is 9.89 Å². The van der Waals surface area contributed by atoms with E-state index in [0.717, 1.165) is 16.6 Å². The molecule has 0 radical (unpaired) electrons. The maximum Gasteiger partial charge on any atom is 0.249 e. The number of hydrogen-bond acceptors (Lipinski definition) is 5. The van der Waals surface area contributed by atoms with Gasteiger partial charge in [0.1, 0.15) is 0 Å². The Morgan fingerprint density at radius 2 is 1.91 bits per heavy atom. The Bertz CT molecular complexity index is 822.